The highest BCUT2D eigenvalue weighted by Crippen LogP contribution is 2.32. The van der Waals surface area contributed by atoms with Gasteiger partial charge in [0, 0.05) is 29.2 Å². The van der Waals surface area contributed by atoms with Crippen LogP contribution >= 0.6 is 34.5 Å². The Morgan fingerprint density at radius 2 is 1.84 bits per heavy atom. The van der Waals surface area contributed by atoms with Crippen molar-refractivity contribution in [2.45, 2.75) is 26.4 Å². The normalized spacial score (nSPS) is 15.0. The summed E-state index contributed by atoms with van der Waals surface area (Å²) < 4.78 is 15.0. The molecule has 0 bridgehead atoms. The molecular formula is C33H27Cl2N3O4S. The SMILES string of the molecule is CCOC(=O)C1=C(C)N=c2s/c(=C/c3cn(Cc4ccc(Cl)c(Cl)c4)c4ccccc34)c(=O)n2C1c1ccc(OC)cc1. The first-order valence-corrected chi connectivity index (χ1v) is 15.2. The third-order valence-electron chi connectivity index (χ3n) is 7.39. The average Bonchev–Trinajstić information content (AvgIpc) is 3.50. The summed E-state index contributed by atoms with van der Waals surface area (Å²) in [7, 11) is 1.59. The Hall–Kier alpha value is -4.11. The molecule has 2 aromatic heterocycles. The summed E-state index contributed by atoms with van der Waals surface area (Å²) >= 11 is 13.7. The molecule has 1 atom stereocenters. The second-order valence-electron chi connectivity index (χ2n) is 10.1. The number of esters is 1. The smallest absolute Gasteiger partial charge is 0.338 e. The minimum absolute atomic E-state index is 0.210. The van der Waals surface area contributed by atoms with E-state index in [-0.39, 0.29) is 12.2 Å². The van der Waals surface area contributed by atoms with Gasteiger partial charge in [-0.1, -0.05) is 70.9 Å². The Bertz CT molecular complexity index is 2090. The van der Waals surface area contributed by atoms with Crippen molar-refractivity contribution >= 4 is 57.5 Å². The van der Waals surface area contributed by atoms with Crippen LogP contribution in [0.2, 0.25) is 10.0 Å². The number of halogens is 2. The molecule has 3 aromatic carbocycles. The number of allylic oxidation sites excluding steroid dienone is 1. The van der Waals surface area contributed by atoms with Crippen molar-refractivity contribution in [3.63, 3.8) is 0 Å². The molecule has 218 valence electrons. The lowest BCUT2D eigenvalue weighted by Gasteiger charge is -2.24. The number of carbonyl (C=O) groups is 1. The highest BCUT2D eigenvalue weighted by atomic mass is 35.5. The van der Waals surface area contributed by atoms with E-state index in [9.17, 15) is 9.59 Å². The Kier molecular flexibility index (Phi) is 8.01. The molecule has 43 heavy (non-hydrogen) atoms. The van der Waals surface area contributed by atoms with Gasteiger partial charge >= 0.3 is 5.97 Å². The Morgan fingerprint density at radius 3 is 2.56 bits per heavy atom. The predicted octanol–water partition coefficient (Wildman–Crippen LogP) is 6.12. The van der Waals surface area contributed by atoms with Crippen molar-refractivity contribution in [1.82, 2.24) is 9.13 Å². The summed E-state index contributed by atoms with van der Waals surface area (Å²) in [5.74, 6) is 0.177. The number of fused-ring (bicyclic) bond motifs is 2. The number of rotatable bonds is 7. The monoisotopic (exact) mass is 631 g/mol. The Labute approximate surface area is 261 Å². The van der Waals surface area contributed by atoms with E-state index in [4.69, 9.17) is 32.7 Å². The number of methoxy groups -OCH3 is 1. The van der Waals surface area contributed by atoms with Gasteiger partial charge in [-0.05, 0) is 61.4 Å². The van der Waals surface area contributed by atoms with Crippen LogP contribution in [0.4, 0.5) is 0 Å². The van der Waals surface area contributed by atoms with E-state index in [1.807, 2.05) is 72.9 Å². The van der Waals surface area contributed by atoms with E-state index >= 15 is 0 Å². The van der Waals surface area contributed by atoms with E-state index in [0.29, 0.717) is 42.9 Å². The zero-order valence-corrected chi connectivity index (χ0v) is 26.0. The number of aromatic nitrogens is 2. The highest BCUT2D eigenvalue weighted by molar-refractivity contribution is 7.07. The molecule has 1 aliphatic heterocycles. The summed E-state index contributed by atoms with van der Waals surface area (Å²) in [5.41, 5.74) is 4.29. The molecule has 5 aromatic rings. The van der Waals surface area contributed by atoms with Crippen LogP contribution in [0.25, 0.3) is 17.0 Å². The number of para-hydroxylation sites is 1. The van der Waals surface area contributed by atoms with E-state index in [2.05, 4.69) is 9.56 Å². The summed E-state index contributed by atoms with van der Waals surface area (Å²) in [5, 5.41) is 2.01. The molecule has 10 heteroatoms. The predicted molar refractivity (Wildman–Crippen MR) is 171 cm³/mol. The van der Waals surface area contributed by atoms with Crippen molar-refractivity contribution in [1.29, 1.82) is 0 Å². The number of ether oxygens (including phenoxy) is 2. The van der Waals surface area contributed by atoms with Gasteiger partial charge < -0.3 is 14.0 Å². The van der Waals surface area contributed by atoms with Crippen LogP contribution in [0.1, 0.15) is 36.6 Å². The fourth-order valence-electron chi connectivity index (χ4n) is 5.39. The minimum atomic E-state index is -0.695. The average molecular weight is 633 g/mol. The van der Waals surface area contributed by atoms with Gasteiger partial charge in [0.2, 0.25) is 0 Å². The van der Waals surface area contributed by atoms with E-state index in [0.717, 1.165) is 27.6 Å². The van der Waals surface area contributed by atoms with Crippen molar-refractivity contribution in [2.24, 2.45) is 4.99 Å². The molecule has 0 N–H and O–H groups in total. The molecule has 1 aliphatic rings. The number of benzene rings is 3. The maximum absolute atomic E-state index is 14.1. The summed E-state index contributed by atoms with van der Waals surface area (Å²) in [6.45, 7) is 4.31. The van der Waals surface area contributed by atoms with Gasteiger partial charge in [0.05, 0.1) is 45.6 Å². The number of hydrogen-bond acceptors (Lipinski definition) is 6. The lowest BCUT2D eigenvalue weighted by molar-refractivity contribution is -0.139. The molecule has 0 fully saturated rings. The Balaban J connectivity index is 1.50. The zero-order valence-electron chi connectivity index (χ0n) is 23.6. The molecule has 6 rings (SSSR count). The third kappa shape index (κ3) is 5.42. The molecule has 1 unspecified atom stereocenters. The molecule has 0 amide bonds. The maximum atomic E-state index is 14.1. The van der Waals surface area contributed by atoms with Gasteiger partial charge in [0.25, 0.3) is 5.56 Å². The summed E-state index contributed by atoms with van der Waals surface area (Å²) in [6.07, 6.45) is 3.92. The molecule has 0 aliphatic carbocycles. The number of nitrogens with zero attached hydrogens (tertiary/aromatic N) is 3. The van der Waals surface area contributed by atoms with Gasteiger partial charge in [-0.15, -0.1) is 0 Å². The largest absolute Gasteiger partial charge is 0.497 e. The highest BCUT2D eigenvalue weighted by Gasteiger charge is 2.33. The Morgan fingerprint density at radius 1 is 1.07 bits per heavy atom. The second-order valence-corrected chi connectivity index (χ2v) is 11.9. The van der Waals surface area contributed by atoms with E-state index < -0.39 is 12.0 Å². The quantitative estimate of drug-likeness (QED) is 0.203. The first kappa shape index (κ1) is 29.0. The third-order valence-corrected chi connectivity index (χ3v) is 9.11. The van der Waals surface area contributed by atoms with E-state index in [1.54, 1.807) is 31.6 Å². The van der Waals surface area contributed by atoms with Crippen molar-refractivity contribution in [3.8, 4) is 5.75 Å². The van der Waals surface area contributed by atoms with Crippen LogP contribution in [0.15, 0.2) is 94.0 Å². The van der Waals surface area contributed by atoms with Gasteiger partial charge in [-0.3, -0.25) is 9.36 Å². The maximum Gasteiger partial charge on any atom is 0.338 e. The van der Waals surface area contributed by atoms with Crippen molar-refractivity contribution in [2.75, 3.05) is 13.7 Å². The van der Waals surface area contributed by atoms with Gasteiger partial charge in [-0.25, -0.2) is 9.79 Å². The van der Waals surface area contributed by atoms with Crippen LogP contribution in [0, 0.1) is 0 Å². The fourth-order valence-corrected chi connectivity index (χ4v) is 6.75. The van der Waals surface area contributed by atoms with Gasteiger partial charge in [-0.2, -0.15) is 0 Å². The molecule has 0 saturated carbocycles. The molecule has 0 spiro atoms. The van der Waals surface area contributed by atoms with Crippen molar-refractivity contribution < 1.29 is 14.3 Å². The number of carbonyl (C=O) groups excluding carboxylic acids is 1. The van der Waals surface area contributed by atoms with Crippen molar-refractivity contribution in [3.05, 3.63) is 131 Å². The standard InChI is InChI=1S/C33H27Cl2N3O4S/c1-4-42-32(40)29-19(2)36-33-38(30(29)21-10-12-23(41-3)13-11-21)31(39)28(43-33)16-22-18-37(27-8-6-5-7-24(22)27)17-20-9-14-25(34)26(35)15-20/h5-16,18,30H,4,17H2,1-3H3/b28-16+. The van der Waals surface area contributed by atoms with Crippen LogP contribution in [0.5, 0.6) is 5.75 Å². The zero-order chi connectivity index (χ0) is 30.2. The topological polar surface area (TPSA) is 74.8 Å². The second kappa shape index (κ2) is 11.9. The molecular weight excluding hydrogens is 605 g/mol. The molecule has 0 saturated heterocycles. The lowest BCUT2D eigenvalue weighted by Crippen LogP contribution is -2.39. The van der Waals surface area contributed by atoms with Crippen LogP contribution in [0.3, 0.4) is 0 Å². The molecule has 0 radical (unpaired) electrons. The molecule has 3 heterocycles. The summed E-state index contributed by atoms with van der Waals surface area (Å²) in [6, 6.07) is 20.3. The van der Waals surface area contributed by atoms with Gasteiger partial charge in [0.15, 0.2) is 4.80 Å². The first-order valence-electron chi connectivity index (χ1n) is 13.6. The number of thiazole rings is 1. The van der Waals surface area contributed by atoms with Crippen LogP contribution in [-0.2, 0) is 16.1 Å². The summed E-state index contributed by atoms with van der Waals surface area (Å²) in [4.78, 5) is 32.5. The minimum Gasteiger partial charge on any atom is -0.497 e. The molecule has 7 nitrogen and oxygen atoms in total. The first-order chi connectivity index (χ1) is 20.8. The van der Waals surface area contributed by atoms with E-state index in [1.165, 1.54) is 11.3 Å². The van der Waals surface area contributed by atoms with Crippen LogP contribution in [-0.4, -0.2) is 28.8 Å². The lowest BCUT2D eigenvalue weighted by atomic mass is 9.96. The fraction of sp³-hybridized carbons (Fsp3) is 0.182. The van der Waals surface area contributed by atoms with Gasteiger partial charge in [0.1, 0.15) is 5.75 Å². The number of hydrogen-bond donors (Lipinski definition) is 0. The van der Waals surface area contributed by atoms with Crippen LogP contribution < -0.4 is 19.6 Å².